The molecule has 1 aromatic rings. The molecule has 0 fully saturated rings. The van der Waals surface area contributed by atoms with Crippen LogP contribution < -0.4 is 9.47 Å². The van der Waals surface area contributed by atoms with Crippen LogP contribution in [0.1, 0.15) is 22.8 Å². The van der Waals surface area contributed by atoms with Gasteiger partial charge in [0.2, 0.25) is 0 Å². The number of hydrogen-bond acceptors (Lipinski definition) is 6. The summed E-state index contributed by atoms with van der Waals surface area (Å²) in [5.74, 6) is -2.46. The molecule has 1 rings (SSSR count). The van der Waals surface area contributed by atoms with Crippen molar-refractivity contribution in [2.75, 3.05) is 27.8 Å². The number of hydrogen-bond donors (Lipinski definition) is 1. The van der Waals surface area contributed by atoms with Gasteiger partial charge in [0.15, 0.2) is 13.6 Å². The Balaban J connectivity index is 3.38. The number of benzene rings is 1. The zero-order valence-electron chi connectivity index (χ0n) is 12.2. The number of ketones is 1. The SMILES string of the molecule is CCc1ccc(OCOC)c(C(=O)C(=O)O)c1OCOC. The third kappa shape index (κ3) is 4.17. The van der Waals surface area contributed by atoms with Crippen LogP contribution >= 0.6 is 0 Å². The molecule has 116 valence electrons. The third-order valence-electron chi connectivity index (χ3n) is 2.66. The molecule has 0 saturated carbocycles. The summed E-state index contributed by atoms with van der Waals surface area (Å²) in [7, 11) is 2.84. The number of ether oxygens (including phenoxy) is 4. The summed E-state index contributed by atoms with van der Waals surface area (Å²) in [6, 6.07) is 3.22. The van der Waals surface area contributed by atoms with Gasteiger partial charge in [-0.2, -0.15) is 0 Å². The normalized spacial score (nSPS) is 10.2. The van der Waals surface area contributed by atoms with Crippen LogP contribution in [-0.4, -0.2) is 44.7 Å². The summed E-state index contributed by atoms with van der Waals surface area (Å²) in [5, 5.41) is 8.98. The van der Waals surface area contributed by atoms with E-state index in [-0.39, 0.29) is 30.6 Å². The first kappa shape index (κ1) is 16.9. The largest absolute Gasteiger partial charge is 0.475 e. The van der Waals surface area contributed by atoms with E-state index in [4.69, 9.17) is 24.1 Å². The van der Waals surface area contributed by atoms with Crippen molar-refractivity contribution in [3.8, 4) is 11.5 Å². The Morgan fingerprint density at radius 3 is 2.24 bits per heavy atom. The van der Waals surface area contributed by atoms with Crippen LogP contribution in [0.5, 0.6) is 11.5 Å². The molecule has 0 radical (unpaired) electrons. The Hall–Kier alpha value is -2.12. The van der Waals surface area contributed by atoms with Gasteiger partial charge in [-0.1, -0.05) is 13.0 Å². The van der Waals surface area contributed by atoms with Gasteiger partial charge in [-0.05, 0) is 18.1 Å². The molecule has 0 bridgehead atoms. The van der Waals surface area contributed by atoms with Gasteiger partial charge in [0.1, 0.15) is 17.1 Å². The van der Waals surface area contributed by atoms with E-state index >= 15 is 0 Å². The molecule has 0 aromatic heterocycles. The van der Waals surface area contributed by atoms with E-state index in [2.05, 4.69) is 0 Å². The summed E-state index contributed by atoms with van der Waals surface area (Å²) < 4.78 is 20.2. The highest BCUT2D eigenvalue weighted by Crippen LogP contribution is 2.33. The zero-order chi connectivity index (χ0) is 15.8. The van der Waals surface area contributed by atoms with Crippen molar-refractivity contribution in [3.63, 3.8) is 0 Å². The first-order valence-electron chi connectivity index (χ1n) is 6.23. The molecule has 0 atom stereocenters. The second-order valence-electron chi connectivity index (χ2n) is 4.02. The molecule has 0 saturated heterocycles. The number of carbonyl (C=O) groups excluding carboxylic acids is 1. The number of rotatable bonds is 9. The predicted molar refractivity (Wildman–Crippen MR) is 72.8 cm³/mol. The summed E-state index contributed by atoms with van der Waals surface area (Å²) in [4.78, 5) is 23.0. The van der Waals surface area contributed by atoms with E-state index in [0.29, 0.717) is 12.0 Å². The molecule has 0 aliphatic carbocycles. The molecule has 1 aromatic carbocycles. The monoisotopic (exact) mass is 298 g/mol. The molecule has 0 aliphatic heterocycles. The highest BCUT2D eigenvalue weighted by Gasteiger charge is 2.26. The van der Waals surface area contributed by atoms with Crippen molar-refractivity contribution in [2.45, 2.75) is 13.3 Å². The molecule has 0 unspecified atom stereocenters. The predicted octanol–water partition coefficient (Wildman–Crippen LogP) is 1.48. The van der Waals surface area contributed by atoms with E-state index in [9.17, 15) is 9.59 Å². The van der Waals surface area contributed by atoms with Crippen LogP contribution in [0.2, 0.25) is 0 Å². The van der Waals surface area contributed by atoms with Gasteiger partial charge in [0.25, 0.3) is 5.78 Å². The Kier molecular flexibility index (Phi) is 6.64. The number of carboxylic acid groups (broad SMARTS) is 1. The van der Waals surface area contributed by atoms with Crippen molar-refractivity contribution >= 4 is 11.8 Å². The Labute approximate surface area is 122 Å². The minimum Gasteiger partial charge on any atom is -0.475 e. The van der Waals surface area contributed by atoms with Crippen LogP contribution in [-0.2, 0) is 20.7 Å². The van der Waals surface area contributed by atoms with Crippen molar-refractivity contribution in [3.05, 3.63) is 23.3 Å². The number of aryl methyl sites for hydroxylation is 1. The van der Waals surface area contributed by atoms with Crippen molar-refractivity contribution < 1.29 is 33.6 Å². The van der Waals surface area contributed by atoms with Crippen molar-refractivity contribution in [2.24, 2.45) is 0 Å². The molecule has 0 heterocycles. The van der Waals surface area contributed by atoms with Gasteiger partial charge in [0.05, 0.1) is 0 Å². The lowest BCUT2D eigenvalue weighted by Crippen LogP contribution is -2.18. The second kappa shape index (κ2) is 8.23. The lowest BCUT2D eigenvalue weighted by atomic mass is 10.0. The maximum atomic E-state index is 11.9. The second-order valence-corrected chi connectivity index (χ2v) is 4.02. The van der Waals surface area contributed by atoms with E-state index in [1.807, 2.05) is 6.92 Å². The van der Waals surface area contributed by atoms with Gasteiger partial charge in [-0.3, -0.25) is 4.79 Å². The fourth-order valence-electron chi connectivity index (χ4n) is 1.73. The fraction of sp³-hybridized carbons (Fsp3) is 0.429. The topological polar surface area (TPSA) is 91.3 Å². The standard InChI is InChI=1S/C14H18O7/c1-4-9-5-6-10(20-7-18-2)11(12(15)14(16)17)13(9)21-8-19-3/h5-6H,4,7-8H2,1-3H3,(H,16,17). The fourth-order valence-corrected chi connectivity index (χ4v) is 1.73. The number of methoxy groups -OCH3 is 2. The van der Waals surface area contributed by atoms with E-state index in [0.717, 1.165) is 0 Å². The Morgan fingerprint density at radius 1 is 1.10 bits per heavy atom. The van der Waals surface area contributed by atoms with Crippen LogP contribution in [0.4, 0.5) is 0 Å². The smallest absolute Gasteiger partial charge is 0.377 e. The first-order chi connectivity index (χ1) is 10.1. The van der Waals surface area contributed by atoms with E-state index < -0.39 is 11.8 Å². The van der Waals surface area contributed by atoms with Crippen LogP contribution in [0.3, 0.4) is 0 Å². The molecule has 1 N–H and O–H groups in total. The summed E-state index contributed by atoms with van der Waals surface area (Å²) in [5.41, 5.74) is 0.539. The maximum Gasteiger partial charge on any atom is 0.377 e. The quantitative estimate of drug-likeness (QED) is 0.419. The molecular formula is C14H18O7. The van der Waals surface area contributed by atoms with E-state index in [1.54, 1.807) is 6.07 Å². The number of carboxylic acids is 1. The molecule has 0 aliphatic rings. The Bertz CT molecular complexity index is 510. The van der Waals surface area contributed by atoms with Crippen LogP contribution in [0, 0.1) is 0 Å². The highest BCUT2D eigenvalue weighted by atomic mass is 16.7. The zero-order valence-corrected chi connectivity index (χ0v) is 12.2. The summed E-state index contributed by atoms with van der Waals surface area (Å²) >= 11 is 0. The molecule has 7 nitrogen and oxygen atoms in total. The summed E-state index contributed by atoms with van der Waals surface area (Å²) in [6.45, 7) is 1.63. The average molecular weight is 298 g/mol. The maximum absolute atomic E-state index is 11.9. The molecule has 0 spiro atoms. The number of Topliss-reactive ketones (excluding diaryl/α,β-unsaturated/α-hetero) is 1. The van der Waals surface area contributed by atoms with Gasteiger partial charge in [0, 0.05) is 14.2 Å². The summed E-state index contributed by atoms with van der Waals surface area (Å²) in [6.07, 6.45) is 0.559. The number of carbonyl (C=O) groups is 2. The van der Waals surface area contributed by atoms with Crippen molar-refractivity contribution in [1.82, 2.24) is 0 Å². The minimum atomic E-state index is -1.59. The molecular weight excluding hydrogens is 280 g/mol. The molecule has 21 heavy (non-hydrogen) atoms. The van der Waals surface area contributed by atoms with Gasteiger partial charge in [-0.15, -0.1) is 0 Å². The van der Waals surface area contributed by atoms with Gasteiger partial charge >= 0.3 is 5.97 Å². The first-order valence-corrected chi connectivity index (χ1v) is 6.23. The number of aliphatic carboxylic acids is 1. The van der Waals surface area contributed by atoms with Crippen LogP contribution in [0.25, 0.3) is 0 Å². The minimum absolute atomic E-state index is 0.0903. The third-order valence-corrected chi connectivity index (χ3v) is 2.66. The lowest BCUT2D eigenvalue weighted by Gasteiger charge is -2.16. The van der Waals surface area contributed by atoms with Crippen LogP contribution in [0.15, 0.2) is 12.1 Å². The van der Waals surface area contributed by atoms with Crippen molar-refractivity contribution in [1.29, 1.82) is 0 Å². The average Bonchev–Trinajstić information content (AvgIpc) is 2.49. The van der Waals surface area contributed by atoms with Gasteiger partial charge in [-0.25, -0.2) is 4.79 Å². The molecule has 0 amide bonds. The lowest BCUT2D eigenvalue weighted by molar-refractivity contribution is -0.131. The highest BCUT2D eigenvalue weighted by molar-refractivity contribution is 6.41. The van der Waals surface area contributed by atoms with Gasteiger partial charge < -0.3 is 24.1 Å². The molecule has 7 heteroatoms. The Morgan fingerprint density at radius 2 is 1.71 bits per heavy atom. The van der Waals surface area contributed by atoms with E-state index in [1.165, 1.54) is 20.3 Å².